The molecule has 0 atom stereocenters. The highest BCUT2D eigenvalue weighted by Crippen LogP contribution is 2.29. The van der Waals surface area contributed by atoms with Crippen molar-refractivity contribution in [2.24, 2.45) is 0 Å². The molecular formula is C32H26N4O5S2. The lowest BCUT2D eigenvalue weighted by atomic mass is 10.1. The van der Waals surface area contributed by atoms with Crippen LogP contribution in [0.3, 0.4) is 0 Å². The second-order valence-corrected chi connectivity index (χ2v) is 10.8. The molecule has 5 aromatic carbocycles. The normalized spacial score (nSPS) is 10.5. The van der Waals surface area contributed by atoms with E-state index in [-0.39, 0.29) is 16.9 Å². The Morgan fingerprint density at radius 1 is 0.581 bits per heavy atom. The topological polar surface area (TPSA) is 149 Å². The van der Waals surface area contributed by atoms with E-state index in [0.717, 1.165) is 33.9 Å². The van der Waals surface area contributed by atoms with E-state index < -0.39 is 11.8 Å². The van der Waals surface area contributed by atoms with Crippen LogP contribution in [0.5, 0.6) is 17.2 Å². The third-order valence-corrected chi connectivity index (χ3v) is 7.25. The number of carbonyl (C=O) groups excluding carboxylic acids is 2. The summed E-state index contributed by atoms with van der Waals surface area (Å²) in [5.74, 6) is -0.0254. The van der Waals surface area contributed by atoms with Crippen molar-refractivity contribution < 1.29 is 23.1 Å². The molecule has 0 spiro atoms. The van der Waals surface area contributed by atoms with E-state index in [2.05, 4.69) is 10.6 Å². The van der Waals surface area contributed by atoms with Crippen LogP contribution in [0.4, 0.5) is 22.7 Å². The Bertz CT molecular complexity index is 1660. The van der Waals surface area contributed by atoms with Gasteiger partial charge in [-0.25, -0.2) is 0 Å². The number of benzene rings is 5. The molecule has 216 valence electrons. The van der Waals surface area contributed by atoms with Gasteiger partial charge in [0.25, 0.3) is 11.8 Å². The smallest absolute Gasteiger partial charge is 0.255 e. The maximum absolute atomic E-state index is 13.1. The van der Waals surface area contributed by atoms with Crippen LogP contribution in [0.1, 0.15) is 20.7 Å². The fourth-order valence-corrected chi connectivity index (χ4v) is 5.07. The number of hydrogen-bond donors (Lipinski definition) is 5. The number of phenolic OH excluding ortho intramolecular Hbond substituents is 1. The number of aromatic hydroxyl groups is 1. The van der Waals surface area contributed by atoms with Gasteiger partial charge in [-0.1, -0.05) is 24.3 Å². The molecule has 7 N–H and O–H groups in total. The summed E-state index contributed by atoms with van der Waals surface area (Å²) in [7, 11) is 0. The summed E-state index contributed by atoms with van der Waals surface area (Å²) >= 11 is 2.24. The molecule has 0 bridgehead atoms. The van der Waals surface area contributed by atoms with E-state index >= 15 is 0 Å². The molecular weight excluding hydrogens is 585 g/mol. The Kier molecular flexibility index (Phi) is 9.25. The number of amides is 2. The molecule has 5 aromatic rings. The van der Waals surface area contributed by atoms with Gasteiger partial charge in [0.15, 0.2) is 0 Å². The molecule has 0 radical (unpaired) electrons. The molecule has 0 heterocycles. The number of hydrogen-bond acceptors (Lipinski definition) is 9. The monoisotopic (exact) mass is 610 g/mol. The number of rotatable bonds is 10. The maximum Gasteiger partial charge on any atom is 0.255 e. The van der Waals surface area contributed by atoms with Crippen LogP contribution in [0.15, 0.2) is 125 Å². The Morgan fingerprint density at radius 2 is 1.02 bits per heavy atom. The van der Waals surface area contributed by atoms with Crippen molar-refractivity contribution in [1.29, 1.82) is 0 Å². The Balaban J connectivity index is 1.22. The SMILES string of the molecule is Nc1cccc(OSc2cccc(NC(=O)c3cc(O)cc(C(=O)Nc4cccc(SOc5cccc(N)c5)c4)c3)c2)c1. The first-order valence-electron chi connectivity index (χ1n) is 12.9. The van der Waals surface area contributed by atoms with Crippen molar-refractivity contribution in [3.05, 3.63) is 126 Å². The van der Waals surface area contributed by atoms with Crippen LogP contribution in [0.25, 0.3) is 0 Å². The van der Waals surface area contributed by atoms with Gasteiger partial charge in [0.2, 0.25) is 0 Å². The molecule has 0 aromatic heterocycles. The van der Waals surface area contributed by atoms with Crippen molar-refractivity contribution in [2.75, 3.05) is 22.1 Å². The van der Waals surface area contributed by atoms with Crippen LogP contribution in [0, 0.1) is 0 Å². The van der Waals surface area contributed by atoms with Gasteiger partial charge in [0.1, 0.15) is 17.2 Å². The summed E-state index contributed by atoms with van der Waals surface area (Å²) in [6.07, 6.45) is 0. The Morgan fingerprint density at radius 3 is 1.47 bits per heavy atom. The minimum atomic E-state index is -0.499. The molecule has 5 rings (SSSR count). The van der Waals surface area contributed by atoms with E-state index in [4.69, 9.17) is 19.8 Å². The largest absolute Gasteiger partial charge is 0.508 e. The lowest BCUT2D eigenvalue weighted by Gasteiger charge is -2.11. The molecule has 0 aliphatic heterocycles. The Hall–Kier alpha value is -5.26. The summed E-state index contributed by atoms with van der Waals surface area (Å²) in [4.78, 5) is 27.6. The summed E-state index contributed by atoms with van der Waals surface area (Å²) in [6, 6.07) is 32.2. The molecule has 0 aliphatic rings. The van der Waals surface area contributed by atoms with Crippen molar-refractivity contribution in [3.63, 3.8) is 0 Å². The van der Waals surface area contributed by atoms with Crippen molar-refractivity contribution >= 4 is 58.6 Å². The van der Waals surface area contributed by atoms with Gasteiger partial charge in [-0.2, -0.15) is 0 Å². The highest BCUT2D eigenvalue weighted by atomic mass is 32.2. The van der Waals surface area contributed by atoms with E-state index in [1.165, 1.54) is 18.2 Å². The molecule has 9 nitrogen and oxygen atoms in total. The predicted octanol–water partition coefficient (Wildman–Crippen LogP) is 7.23. The van der Waals surface area contributed by atoms with Crippen LogP contribution < -0.4 is 30.5 Å². The van der Waals surface area contributed by atoms with Gasteiger partial charge < -0.3 is 35.6 Å². The van der Waals surface area contributed by atoms with E-state index in [0.29, 0.717) is 34.2 Å². The van der Waals surface area contributed by atoms with Crippen molar-refractivity contribution in [1.82, 2.24) is 0 Å². The number of carbonyl (C=O) groups is 2. The van der Waals surface area contributed by atoms with Crippen LogP contribution in [0.2, 0.25) is 0 Å². The van der Waals surface area contributed by atoms with Crippen molar-refractivity contribution in [3.8, 4) is 17.2 Å². The lowest BCUT2D eigenvalue weighted by molar-refractivity contribution is 0.102. The molecule has 43 heavy (non-hydrogen) atoms. The maximum atomic E-state index is 13.1. The fraction of sp³-hybridized carbons (Fsp3) is 0. The quantitative estimate of drug-likeness (QED) is 0.0815. The van der Waals surface area contributed by atoms with Gasteiger partial charge in [-0.3, -0.25) is 9.59 Å². The second kappa shape index (κ2) is 13.6. The minimum absolute atomic E-state index is 0.110. The number of anilines is 4. The van der Waals surface area contributed by atoms with Crippen LogP contribution in [-0.4, -0.2) is 16.9 Å². The molecule has 0 saturated carbocycles. The second-order valence-electron chi connectivity index (χ2n) is 9.21. The molecule has 2 amide bonds. The molecule has 0 fully saturated rings. The van der Waals surface area contributed by atoms with Gasteiger partial charge in [0, 0.05) is 55.8 Å². The molecule has 0 aliphatic carbocycles. The molecule has 11 heteroatoms. The third-order valence-electron chi connectivity index (χ3n) is 5.81. The minimum Gasteiger partial charge on any atom is -0.508 e. The average molecular weight is 611 g/mol. The third kappa shape index (κ3) is 8.38. The standard InChI is InChI=1S/C32H26N4O5S2/c33-22-5-1-9-27(16-22)40-42-29-11-3-7-24(18-29)35-31(38)20-13-21(15-26(37)14-20)32(39)36-25-8-4-12-30(19-25)43-41-28-10-2-6-23(34)17-28/h1-19,37H,33-34H2,(H,35,38)(H,36,39). The number of nitrogens with one attached hydrogen (secondary N) is 2. The zero-order valence-electron chi connectivity index (χ0n) is 22.5. The summed E-state index contributed by atoms with van der Waals surface area (Å²) in [5.41, 5.74) is 14.0. The van der Waals surface area contributed by atoms with Crippen LogP contribution >= 0.6 is 24.1 Å². The van der Waals surface area contributed by atoms with Gasteiger partial charge in [-0.15, -0.1) is 0 Å². The summed E-state index contributed by atoms with van der Waals surface area (Å²) in [5, 5.41) is 15.9. The zero-order chi connectivity index (χ0) is 30.2. The lowest BCUT2D eigenvalue weighted by Crippen LogP contribution is -2.15. The number of nitrogens with two attached hydrogens (primary N) is 2. The van der Waals surface area contributed by atoms with Crippen molar-refractivity contribution in [2.45, 2.75) is 9.79 Å². The van der Waals surface area contributed by atoms with Gasteiger partial charge in [-0.05, 0) is 78.9 Å². The summed E-state index contributed by atoms with van der Waals surface area (Å²) in [6.45, 7) is 0. The number of nitrogen functional groups attached to an aromatic ring is 2. The van der Waals surface area contributed by atoms with E-state index in [1.807, 2.05) is 12.1 Å². The zero-order valence-corrected chi connectivity index (χ0v) is 24.2. The van der Waals surface area contributed by atoms with Crippen LogP contribution in [-0.2, 0) is 0 Å². The molecule has 0 unspecified atom stereocenters. The van der Waals surface area contributed by atoms with Gasteiger partial charge >= 0.3 is 0 Å². The fourth-order valence-electron chi connectivity index (χ4n) is 3.86. The number of phenols is 1. The van der Waals surface area contributed by atoms with Gasteiger partial charge in [0.05, 0.1) is 24.1 Å². The molecule has 0 saturated heterocycles. The first kappa shape index (κ1) is 29.2. The van der Waals surface area contributed by atoms with E-state index in [1.54, 1.807) is 84.9 Å². The van der Waals surface area contributed by atoms with E-state index in [9.17, 15) is 14.7 Å². The first-order valence-corrected chi connectivity index (χ1v) is 14.4. The average Bonchev–Trinajstić information content (AvgIpc) is 2.99. The first-order chi connectivity index (χ1) is 20.8. The highest BCUT2D eigenvalue weighted by molar-refractivity contribution is 7.95. The predicted molar refractivity (Wildman–Crippen MR) is 172 cm³/mol. The Labute approximate surface area is 256 Å². The highest BCUT2D eigenvalue weighted by Gasteiger charge is 2.15. The summed E-state index contributed by atoms with van der Waals surface area (Å²) < 4.78 is 11.4.